The summed E-state index contributed by atoms with van der Waals surface area (Å²) >= 11 is 8.21. The highest BCUT2D eigenvalue weighted by Crippen LogP contribution is 2.08. The number of benzene rings is 1. The predicted molar refractivity (Wildman–Crippen MR) is 66.5 cm³/mol. The summed E-state index contributed by atoms with van der Waals surface area (Å²) < 4.78 is 1.05. The lowest BCUT2D eigenvalue weighted by Crippen LogP contribution is -2.28. The Kier molecular flexibility index (Phi) is 4.55. The molecule has 1 rings (SSSR count). The summed E-state index contributed by atoms with van der Waals surface area (Å²) in [6.45, 7) is 0. The molecule has 0 saturated heterocycles. The first-order valence-electron chi connectivity index (χ1n) is 3.98. The normalized spacial score (nSPS) is 10.1. The molecule has 0 fully saturated rings. The number of rotatable bonds is 2. The van der Waals surface area contributed by atoms with Crippen LogP contribution in [0.5, 0.6) is 0 Å². The Morgan fingerprint density at radius 3 is 2.64 bits per heavy atom. The summed E-state index contributed by atoms with van der Waals surface area (Å²) in [5, 5.41) is 7.21. The number of halogens is 1. The van der Waals surface area contributed by atoms with E-state index in [4.69, 9.17) is 12.2 Å². The van der Waals surface area contributed by atoms with Crippen molar-refractivity contribution in [2.45, 2.75) is 0 Å². The number of nitrogens with zero attached hydrogens (tertiary/aromatic N) is 1. The van der Waals surface area contributed by atoms with Crippen molar-refractivity contribution in [3.63, 3.8) is 0 Å². The van der Waals surface area contributed by atoms with Crippen LogP contribution in [0.3, 0.4) is 0 Å². The van der Waals surface area contributed by atoms with E-state index >= 15 is 0 Å². The third-order valence-corrected chi connectivity index (χ3v) is 2.30. The molecule has 0 saturated carbocycles. The van der Waals surface area contributed by atoms with Crippen molar-refractivity contribution >= 4 is 39.5 Å². The zero-order valence-electron chi connectivity index (χ0n) is 7.62. The molecule has 0 atom stereocenters. The number of nitrogens with one attached hydrogen (secondary N) is 2. The molecule has 74 valence electrons. The average Bonchev–Trinajstić information content (AvgIpc) is 2.21. The minimum Gasteiger partial charge on any atom is -0.364 e. The fourth-order valence-electron chi connectivity index (χ4n) is 0.770. The van der Waals surface area contributed by atoms with Gasteiger partial charge < -0.3 is 5.32 Å². The van der Waals surface area contributed by atoms with E-state index in [0.717, 1.165) is 10.0 Å². The van der Waals surface area contributed by atoms with Gasteiger partial charge in [0.1, 0.15) is 0 Å². The molecule has 0 aliphatic carbocycles. The average molecular weight is 272 g/mol. The van der Waals surface area contributed by atoms with Crippen LogP contribution in [-0.4, -0.2) is 18.4 Å². The van der Waals surface area contributed by atoms with E-state index in [2.05, 4.69) is 31.8 Å². The molecule has 3 nitrogen and oxygen atoms in total. The van der Waals surface area contributed by atoms with Gasteiger partial charge in [0.15, 0.2) is 5.11 Å². The van der Waals surface area contributed by atoms with Crippen LogP contribution in [0.2, 0.25) is 0 Å². The van der Waals surface area contributed by atoms with Crippen molar-refractivity contribution in [2.75, 3.05) is 7.05 Å². The summed E-state index contributed by atoms with van der Waals surface area (Å²) in [6, 6.07) is 7.82. The van der Waals surface area contributed by atoms with Gasteiger partial charge in [-0.25, -0.2) is 0 Å². The molecule has 1 aromatic rings. The predicted octanol–water partition coefficient (Wildman–Crippen LogP) is 1.88. The van der Waals surface area contributed by atoms with Crippen LogP contribution in [0.4, 0.5) is 0 Å². The highest BCUT2D eigenvalue weighted by atomic mass is 79.9. The molecule has 0 aromatic heterocycles. The molecule has 0 radical (unpaired) electrons. The second-order valence-electron chi connectivity index (χ2n) is 2.50. The Hall–Kier alpha value is -0.940. The van der Waals surface area contributed by atoms with E-state index < -0.39 is 0 Å². The highest BCUT2D eigenvalue weighted by molar-refractivity contribution is 9.10. The van der Waals surface area contributed by atoms with Crippen molar-refractivity contribution in [3.8, 4) is 0 Å². The second kappa shape index (κ2) is 5.72. The maximum absolute atomic E-state index is 4.85. The first-order valence-corrected chi connectivity index (χ1v) is 5.19. The largest absolute Gasteiger partial charge is 0.364 e. The maximum Gasteiger partial charge on any atom is 0.186 e. The van der Waals surface area contributed by atoms with E-state index in [-0.39, 0.29) is 0 Å². The molecule has 0 spiro atoms. The Labute approximate surface area is 96.7 Å². The fraction of sp³-hybridized carbons (Fsp3) is 0.111. The monoisotopic (exact) mass is 271 g/mol. The quantitative estimate of drug-likeness (QED) is 0.490. The second-order valence-corrected chi connectivity index (χ2v) is 3.82. The molecular formula is C9H10BrN3S. The third kappa shape index (κ3) is 3.85. The molecule has 14 heavy (non-hydrogen) atoms. The third-order valence-electron chi connectivity index (χ3n) is 1.48. The molecule has 2 N–H and O–H groups in total. The lowest BCUT2D eigenvalue weighted by molar-refractivity contribution is 0.982. The van der Waals surface area contributed by atoms with Gasteiger partial charge in [-0.05, 0) is 29.9 Å². The first-order chi connectivity index (χ1) is 6.72. The summed E-state index contributed by atoms with van der Waals surface area (Å²) in [4.78, 5) is 0. The summed E-state index contributed by atoms with van der Waals surface area (Å²) in [6.07, 6.45) is 1.70. The van der Waals surface area contributed by atoms with E-state index in [0.29, 0.717) is 5.11 Å². The van der Waals surface area contributed by atoms with Gasteiger partial charge in [0.2, 0.25) is 0 Å². The van der Waals surface area contributed by atoms with Gasteiger partial charge in [0, 0.05) is 11.5 Å². The molecule has 0 aliphatic rings. The van der Waals surface area contributed by atoms with Gasteiger partial charge in [0.25, 0.3) is 0 Å². The van der Waals surface area contributed by atoms with Crippen LogP contribution < -0.4 is 10.7 Å². The van der Waals surface area contributed by atoms with Crippen LogP contribution in [0.15, 0.2) is 33.8 Å². The Balaban J connectivity index is 2.52. The van der Waals surface area contributed by atoms with Gasteiger partial charge >= 0.3 is 0 Å². The van der Waals surface area contributed by atoms with Crippen LogP contribution >= 0.6 is 28.1 Å². The summed E-state index contributed by atoms with van der Waals surface area (Å²) in [5.74, 6) is 0. The van der Waals surface area contributed by atoms with Gasteiger partial charge in [-0.2, -0.15) is 5.10 Å². The highest BCUT2D eigenvalue weighted by Gasteiger charge is 1.88. The number of hydrogen-bond acceptors (Lipinski definition) is 2. The molecular weight excluding hydrogens is 262 g/mol. The molecule has 0 unspecified atom stereocenters. The Morgan fingerprint density at radius 2 is 2.07 bits per heavy atom. The van der Waals surface area contributed by atoms with Gasteiger partial charge in [-0.15, -0.1) is 0 Å². The molecule has 5 heteroatoms. The molecule has 0 amide bonds. The molecule has 1 aromatic carbocycles. The number of thiocarbonyl (C=S) groups is 1. The van der Waals surface area contributed by atoms with Crippen molar-refractivity contribution in [3.05, 3.63) is 34.3 Å². The zero-order valence-corrected chi connectivity index (χ0v) is 10.0. The molecule has 0 aliphatic heterocycles. The Morgan fingerprint density at radius 1 is 1.43 bits per heavy atom. The van der Waals surface area contributed by atoms with Crippen molar-refractivity contribution < 1.29 is 0 Å². The maximum atomic E-state index is 4.85. The number of hydrazone groups is 1. The van der Waals surface area contributed by atoms with Crippen LogP contribution in [-0.2, 0) is 0 Å². The lowest BCUT2D eigenvalue weighted by Gasteiger charge is -1.99. The van der Waals surface area contributed by atoms with Gasteiger partial charge in [0.05, 0.1) is 6.21 Å². The van der Waals surface area contributed by atoms with Crippen molar-refractivity contribution in [2.24, 2.45) is 5.10 Å². The lowest BCUT2D eigenvalue weighted by atomic mass is 10.2. The first kappa shape index (κ1) is 11.1. The topological polar surface area (TPSA) is 36.4 Å². The minimum atomic E-state index is 0.498. The van der Waals surface area contributed by atoms with Crippen molar-refractivity contribution in [1.82, 2.24) is 10.7 Å². The van der Waals surface area contributed by atoms with E-state index in [9.17, 15) is 0 Å². The van der Waals surface area contributed by atoms with E-state index in [1.165, 1.54) is 0 Å². The minimum absolute atomic E-state index is 0.498. The van der Waals surface area contributed by atoms with Crippen LogP contribution in [0.25, 0.3) is 0 Å². The summed E-state index contributed by atoms with van der Waals surface area (Å²) in [5.41, 5.74) is 3.69. The molecule has 0 heterocycles. The fourth-order valence-corrected chi connectivity index (χ4v) is 1.09. The SMILES string of the molecule is CNC(=S)N/N=C/c1ccc(Br)cc1. The van der Waals surface area contributed by atoms with E-state index in [1.807, 2.05) is 24.3 Å². The smallest absolute Gasteiger partial charge is 0.186 e. The standard InChI is InChI=1S/C9H10BrN3S/c1-11-9(14)13-12-6-7-2-4-8(10)5-3-7/h2-6H,1H3,(H2,11,13,14)/b12-6+. The summed E-state index contributed by atoms with van der Waals surface area (Å²) in [7, 11) is 1.74. The van der Waals surface area contributed by atoms with Crippen molar-refractivity contribution in [1.29, 1.82) is 0 Å². The Bertz CT molecular complexity index is 334. The van der Waals surface area contributed by atoms with Crippen LogP contribution in [0.1, 0.15) is 5.56 Å². The van der Waals surface area contributed by atoms with Crippen LogP contribution in [0, 0.1) is 0 Å². The van der Waals surface area contributed by atoms with Gasteiger partial charge in [-0.1, -0.05) is 28.1 Å². The van der Waals surface area contributed by atoms with Gasteiger partial charge in [-0.3, -0.25) is 5.43 Å². The zero-order chi connectivity index (χ0) is 10.4. The number of hydrogen-bond donors (Lipinski definition) is 2. The molecule has 0 bridgehead atoms. The van der Waals surface area contributed by atoms with E-state index in [1.54, 1.807) is 13.3 Å².